The molecule has 3 heteroatoms. The fourth-order valence-electron chi connectivity index (χ4n) is 1.19. The van der Waals surface area contributed by atoms with E-state index >= 15 is 0 Å². The molecule has 90 valence electrons. The molecule has 1 aromatic carbocycles. The van der Waals surface area contributed by atoms with E-state index in [4.69, 9.17) is 9.47 Å². The Hall–Kier alpha value is -0.130. The van der Waals surface area contributed by atoms with E-state index in [1.807, 2.05) is 0 Å². The summed E-state index contributed by atoms with van der Waals surface area (Å²) in [7, 11) is 1.74. The third kappa shape index (κ3) is 5.27. The Kier molecular flexibility index (Phi) is 5.72. The second-order valence-corrected chi connectivity index (χ2v) is 5.64. The molecule has 0 saturated carbocycles. The maximum absolute atomic E-state index is 5.61. The zero-order chi connectivity index (χ0) is 12.0. The minimum atomic E-state index is -0.0912. The van der Waals surface area contributed by atoms with Crippen molar-refractivity contribution in [2.24, 2.45) is 0 Å². The van der Waals surface area contributed by atoms with Crippen LogP contribution in [0.1, 0.15) is 25.8 Å². The second-order valence-electron chi connectivity index (χ2n) is 4.39. The monoisotopic (exact) mass is 334 g/mol. The third-order valence-corrected chi connectivity index (χ3v) is 3.30. The van der Waals surface area contributed by atoms with Crippen molar-refractivity contribution in [3.8, 4) is 0 Å². The molecular formula is C13H19IO2. The maximum Gasteiger partial charge on any atom is 0.0716 e. The van der Waals surface area contributed by atoms with Gasteiger partial charge in [-0.1, -0.05) is 12.1 Å². The van der Waals surface area contributed by atoms with E-state index in [0.29, 0.717) is 6.61 Å². The standard InChI is InChI=1S/C13H19IO2/c1-13(2,15-3)8-9-16-10-11-4-6-12(14)7-5-11/h4-7H,8-10H2,1-3H3. The molecule has 0 aromatic heterocycles. The Labute approximate surface area is 111 Å². The molecule has 0 aliphatic rings. The van der Waals surface area contributed by atoms with Gasteiger partial charge >= 0.3 is 0 Å². The number of hydrogen-bond donors (Lipinski definition) is 0. The van der Waals surface area contributed by atoms with Crippen LogP contribution in [0.25, 0.3) is 0 Å². The van der Waals surface area contributed by atoms with Gasteiger partial charge in [0.05, 0.1) is 12.2 Å². The number of hydrogen-bond acceptors (Lipinski definition) is 2. The van der Waals surface area contributed by atoms with Crippen LogP contribution in [0.2, 0.25) is 0 Å². The second kappa shape index (κ2) is 6.57. The van der Waals surface area contributed by atoms with Gasteiger partial charge in [0.2, 0.25) is 0 Å². The van der Waals surface area contributed by atoms with Gasteiger partial charge in [-0.05, 0) is 60.6 Å². The average molecular weight is 334 g/mol. The molecule has 1 rings (SSSR count). The van der Waals surface area contributed by atoms with Crippen LogP contribution >= 0.6 is 22.6 Å². The number of ether oxygens (including phenoxy) is 2. The van der Waals surface area contributed by atoms with E-state index in [2.05, 4.69) is 60.7 Å². The summed E-state index contributed by atoms with van der Waals surface area (Å²) in [6.07, 6.45) is 0.911. The lowest BCUT2D eigenvalue weighted by atomic mass is 10.1. The molecule has 0 aliphatic carbocycles. The van der Waals surface area contributed by atoms with Crippen LogP contribution in [0.3, 0.4) is 0 Å². The molecule has 2 nitrogen and oxygen atoms in total. The molecule has 0 bridgehead atoms. The first kappa shape index (κ1) is 13.9. The van der Waals surface area contributed by atoms with E-state index in [1.165, 1.54) is 9.13 Å². The highest BCUT2D eigenvalue weighted by molar-refractivity contribution is 14.1. The van der Waals surface area contributed by atoms with E-state index in [-0.39, 0.29) is 5.60 Å². The van der Waals surface area contributed by atoms with Crippen molar-refractivity contribution >= 4 is 22.6 Å². The first-order chi connectivity index (χ1) is 7.53. The number of methoxy groups -OCH3 is 1. The van der Waals surface area contributed by atoms with E-state index < -0.39 is 0 Å². The van der Waals surface area contributed by atoms with Crippen LogP contribution < -0.4 is 0 Å². The van der Waals surface area contributed by atoms with E-state index in [1.54, 1.807) is 7.11 Å². The molecule has 0 saturated heterocycles. The minimum absolute atomic E-state index is 0.0912. The summed E-state index contributed by atoms with van der Waals surface area (Å²) < 4.78 is 12.2. The highest BCUT2D eigenvalue weighted by Gasteiger charge is 2.15. The molecule has 0 atom stereocenters. The lowest BCUT2D eigenvalue weighted by Gasteiger charge is -2.22. The van der Waals surface area contributed by atoms with Crippen LogP contribution in [-0.2, 0) is 16.1 Å². The first-order valence-corrected chi connectivity index (χ1v) is 6.49. The third-order valence-electron chi connectivity index (χ3n) is 2.58. The van der Waals surface area contributed by atoms with Gasteiger partial charge in [-0.15, -0.1) is 0 Å². The Morgan fingerprint density at radius 1 is 1.19 bits per heavy atom. The van der Waals surface area contributed by atoms with Gasteiger partial charge in [-0.3, -0.25) is 0 Å². The molecule has 16 heavy (non-hydrogen) atoms. The highest BCUT2D eigenvalue weighted by Crippen LogP contribution is 2.13. The summed E-state index contributed by atoms with van der Waals surface area (Å²) >= 11 is 2.30. The predicted octanol–water partition coefficient (Wildman–Crippen LogP) is 3.62. The van der Waals surface area contributed by atoms with Gasteiger partial charge < -0.3 is 9.47 Å². The molecule has 0 N–H and O–H groups in total. The van der Waals surface area contributed by atoms with Crippen molar-refractivity contribution in [2.45, 2.75) is 32.5 Å². The summed E-state index contributed by atoms with van der Waals surface area (Å²) in [5.41, 5.74) is 1.13. The lowest BCUT2D eigenvalue weighted by Crippen LogP contribution is -2.24. The summed E-state index contributed by atoms with van der Waals surface area (Å²) in [4.78, 5) is 0. The van der Waals surface area contributed by atoms with Gasteiger partial charge in [0.1, 0.15) is 0 Å². The van der Waals surface area contributed by atoms with Gasteiger partial charge in [-0.2, -0.15) is 0 Å². The van der Waals surface area contributed by atoms with Crippen molar-refractivity contribution in [1.29, 1.82) is 0 Å². The van der Waals surface area contributed by atoms with Crippen molar-refractivity contribution in [2.75, 3.05) is 13.7 Å². The summed E-state index contributed by atoms with van der Waals surface area (Å²) in [5, 5.41) is 0. The molecule has 0 amide bonds. The fraction of sp³-hybridized carbons (Fsp3) is 0.538. The van der Waals surface area contributed by atoms with E-state index in [0.717, 1.165) is 13.0 Å². The topological polar surface area (TPSA) is 18.5 Å². The van der Waals surface area contributed by atoms with Gasteiger partial charge in [0.15, 0.2) is 0 Å². The Balaban J connectivity index is 2.23. The van der Waals surface area contributed by atoms with Crippen LogP contribution in [-0.4, -0.2) is 19.3 Å². The number of rotatable bonds is 6. The highest BCUT2D eigenvalue weighted by atomic mass is 127. The SMILES string of the molecule is COC(C)(C)CCOCc1ccc(I)cc1. The summed E-state index contributed by atoms with van der Waals surface area (Å²) in [6.45, 7) is 5.55. The van der Waals surface area contributed by atoms with Gasteiger partial charge in [0, 0.05) is 17.3 Å². The Bertz CT molecular complexity index is 306. The van der Waals surface area contributed by atoms with Crippen LogP contribution in [0.15, 0.2) is 24.3 Å². The molecular weight excluding hydrogens is 315 g/mol. The Morgan fingerprint density at radius 3 is 2.38 bits per heavy atom. The van der Waals surface area contributed by atoms with Crippen LogP contribution in [0, 0.1) is 3.57 Å². The first-order valence-electron chi connectivity index (χ1n) is 5.41. The molecule has 0 unspecified atom stereocenters. The smallest absolute Gasteiger partial charge is 0.0716 e. The van der Waals surface area contributed by atoms with Gasteiger partial charge in [-0.25, -0.2) is 0 Å². The molecule has 1 aromatic rings. The largest absolute Gasteiger partial charge is 0.379 e. The van der Waals surface area contributed by atoms with Gasteiger partial charge in [0.25, 0.3) is 0 Å². The lowest BCUT2D eigenvalue weighted by molar-refractivity contribution is -0.0124. The maximum atomic E-state index is 5.61. The summed E-state index contributed by atoms with van der Waals surface area (Å²) in [6, 6.07) is 8.39. The van der Waals surface area contributed by atoms with Crippen molar-refractivity contribution in [1.82, 2.24) is 0 Å². The zero-order valence-electron chi connectivity index (χ0n) is 10.1. The van der Waals surface area contributed by atoms with E-state index in [9.17, 15) is 0 Å². The van der Waals surface area contributed by atoms with Crippen LogP contribution in [0.4, 0.5) is 0 Å². The average Bonchev–Trinajstić information content (AvgIpc) is 2.27. The number of benzene rings is 1. The van der Waals surface area contributed by atoms with Crippen molar-refractivity contribution in [3.63, 3.8) is 0 Å². The minimum Gasteiger partial charge on any atom is -0.379 e. The normalized spacial score (nSPS) is 11.8. The molecule has 0 aliphatic heterocycles. The molecule has 0 fully saturated rings. The van der Waals surface area contributed by atoms with Crippen molar-refractivity contribution < 1.29 is 9.47 Å². The molecule has 0 heterocycles. The van der Waals surface area contributed by atoms with Crippen molar-refractivity contribution in [3.05, 3.63) is 33.4 Å². The quantitative estimate of drug-likeness (QED) is 0.584. The fourth-order valence-corrected chi connectivity index (χ4v) is 1.55. The summed E-state index contributed by atoms with van der Waals surface area (Å²) in [5.74, 6) is 0. The zero-order valence-corrected chi connectivity index (χ0v) is 12.3. The van der Waals surface area contributed by atoms with Crippen LogP contribution in [0.5, 0.6) is 0 Å². The molecule has 0 spiro atoms. The Morgan fingerprint density at radius 2 is 1.81 bits per heavy atom. The molecule has 0 radical (unpaired) electrons. The number of halogens is 1. The predicted molar refractivity (Wildman–Crippen MR) is 74.5 cm³/mol.